The van der Waals surface area contributed by atoms with Gasteiger partial charge in [0.25, 0.3) is 5.91 Å². The van der Waals surface area contributed by atoms with E-state index in [1.807, 2.05) is 29.8 Å². The molecule has 1 fully saturated rings. The van der Waals surface area contributed by atoms with Gasteiger partial charge < -0.3 is 14.4 Å². The fourth-order valence-corrected chi connectivity index (χ4v) is 2.92. The Morgan fingerprint density at radius 1 is 1.31 bits per heavy atom. The van der Waals surface area contributed by atoms with E-state index < -0.39 is 30.5 Å². The van der Waals surface area contributed by atoms with Crippen molar-refractivity contribution in [3.8, 4) is 0 Å². The van der Waals surface area contributed by atoms with Gasteiger partial charge in [-0.05, 0) is 31.4 Å². The second-order valence-corrected chi connectivity index (χ2v) is 6.36. The molecular weight excluding hydrogens is 360 g/mol. The van der Waals surface area contributed by atoms with Crippen molar-refractivity contribution < 1.29 is 28.7 Å². The number of carbonyl (C=O) groups is 4. The Morgan fingerprint density at radius 3 is 2.77 bits per heavy atom. The molecule has 1 aliphatic heterocycles. The van der Waals surface area contributed by atoms with Crippen molar-refractivity contribution in [2.45, 2.75) is 18.2 Å². The topological polar surface area (TPSA) is 102 Å². The van der Waals surface area contributed by atoms with Crippen molar-refractivity contribution in [2.75, 3.05) is 30.9 Å². The number of esters is 1. The standard InChI is InChI=1S/C17H20N2O6S/c1-3-24-17(23)18-14(20)10-25-16(22)11-7-15(21)19(9-11)12-5-4-6-13(8-12)26-2/h4-6,8,11H,3,7,9-10H2,1-2H3,(H,18,20,23)/t11-/m1/s1. The van der Waals surface area contributed by atoms with Crippen molar-refractivity contribution in [2.24, 2.45) is 5.92 Å². The van der Waals surface area contributed by atoms with Crippen LogP contribution in [0.5, 0.6) is 0 Å². The van der Waals surface area contributed by atoms with E-state index in [0.717, 1.165) is 10.6 Å². The minimum absolute atomic E-state index is 0.0157. The van der Waals surface area contributed by atoms with Crippen molar-refractivity contribution in [1.29, 1.82) is 0 Å². The monoisotopic (exact) mass is 380 g/mol. The third-order valence-corrected chi connectivity index (χ3v) is 4.41. The summed E-state index contributed by atoms with van der Waals surface area (Å²) in [5.74, 6) is -2.27. The van der Waals surface area contributed by atoms with Gasteiger partial charge in [-0.15, -0.1) is 11.8 Å². The van der Waals surface area contributed by atoms with Gasteiger partial charge in [0, 0.05) is 23.5 Å². The summed E-state index contributed by atoms with van der Waals surface area (Å²) in [5.41, 5.74) is 0.720. The Kier molecular flexibility index (Phi) is 7.02. The van der Waals surface area contributed by atoms with E-state index in [4.69, 9.17) is 4.74 Å². The van der Waals surface area contributed by atoms with Crippen LogP contribution in [-0.2, 0) is 23.9 Å². The predicted octanol–water partition coefficient (Wildman–Crippen LogP) is 1.58. The van der Waals surface area contributed by atoms with Gasteiger partial charge in [-0.3, -0.25) is 19.7 Å². The maximum atomic E-state index is 12.2. The Balaban J connectivity index is 1.88. The van der Waals surface area contributed by atoms with E-state index in [1.54, 1.807) is 24.8 Å². The van der Waals surface area contributed by atoms with Crippen LogP contribution in [-0.4, -0.2) is 49.9 Å². The first-order valence-corrected chi connectivity index (χ1v) is 9.24. The van der Waals surface area contributed by atoms with Crippen LogP contribution in [0.4, 0.5) is 10.5 Å². The number of nitrogens with zero attached hydrogens (tertiary/aromatic N) is 1. The zero-order valence-corrected chi connectivity index (χ0v) is 15.3. The Labute approximate surface area is 155 Å². The average molecular weight is 380 g/mol. The minimum atomic E-state index is -0.899. The zero-order valence-electron chi connectivity index (χ0n) is 14.5. The lowest BCUT2D eigenvalue weighted by molar-refractivity contribution is -0.152. The van der Waals surface area contributed by atoms with Gasteiger partial charge in [0.15, 0.2) is 6.61 Å². The highest BCUT2D eigenvalue weighted by molar-refractivity contribution is 7.98. The van der Waals surface area contributed by atoms with Crippen LogP contribution in [0.1, 0.15) is 13.3 Å². The molecule has 1 atom stereocenters. The predicted molar refractivity (Wildman–Crippen MR) is 94.8 cm³/mol. The molecular formula is C17H20N2O6S. The van der Waals surface area contributed by atoms with Gasteiger partial charge in [0.05, 0.1) is 12.5 Å². The van der Waals surface area contributed by atoms with Crippen molar-refractivity contribution in [3.63, 3.8) is 0 Å². The van der Waals surface area contributed by atoms with Gasteiger partial charge >= 0.3 is 12.1 Å². The fourth-order valence-electron chi connectivity index (χ4n) is 2.47. The smallest absolute Gasteiger partial charge is 0.413 e. The SMILES string of the molecule is CCOC(=O)NC(=O)COC(=O)[C@@H]1CC(=O)N(c2cccc(SC)c2)C1. The molecule has 2 rings (SSSR count). The molecule has 1 saturated heterocycles. The number of thioether (sulfide) groups is 1. The zero-order chi connectivity index (χ0) is 19.1. The summed E-state index contributed by atoms with van der Waals surface area (Å²) >= 11 is 1.56. The number of nitrogens with one attached hydrogen (secondary N) is 1. The van der Waals surface area contributed by atoms with E-state index in [-0.39, 0.29) is 25.5 Å². The van der Waals surface area contributed by atoms with Gasteiger partial charge in [-0.1, -0.05) is 6.07 Å². The molecule has 1 aromatic rings. The molecule has 26 heavy (non-hydrogen) atoms. The van der Waals surface area contributed by atoms with Gasteiger partial charge in [0.1, 0.15) is 0 Å². The first-order valence-electron chi connectivity index (χ1n) is 8.02. The molecule has 0 radical (unpaired) electrons. The van der Waals surface area contributed by atoms with Gasteiger partial charge in [0.2, 0.25) is 5.91 Å². The molecule has 1 aromatic carbocycles. The molecule has 0 aromatic heterocycles. The molecule has 1 aliphatic rings. The van der Waals surface area contributed by atoms with Crippen LogP contribution in [0.25, 0.3) is 0 Å². The van der Waals surface area contributed by atoms with Crippen LogP contribution in [0.3, 0.4) is 0 Å². The Morgan fingerprint density at radius 2 is 2.08 bits per heavy atom. The van der Waals surface area contributed by atoms with Crippen LogP contribution < -0.4 is 10.2 Å². The molecule has 0 unspecified atom stereocenters. The molecule has 8 nitrogen and oxygen atoms in total. The average Bonchev–Trinajstić information content (AvgIpc) is 3.01. The van der Waals surface area contributed by atoms with Crippen LogP contribution in [0, 0.1) is 5.92 Å². The molecule has 0 saturated carbocycles. The summed E-state index contributed by atoms with van der Waals surface area (Å²) in [6.45, 7) is 1.30. The number of ether oxygens (including phenoxy) is 2. The number of alkyl carbamates (subject to hydrolysis) is 1. The number of rotatable bonds is 6. The van der Waals surface area contributed by atoms with E-state index in [2.05, 4.69) is 4.74 Å². The van der Waals surface area contributed by atoms with Crippen molar-refractivity contribution >= 4 is 41.3 Å². The lowest BCUT2D eigenvalue weighted by Crippen LogP contribution is -2.35. The summed E-state index contributed by atoms with van der Waals surface area (Å²) in [4.78, 5) is 49.5. The largest absolute Gasteiger partial charge is 0.455 e. The number of amides is 3. The number of benzene rings is 1. The Hall–Kier alpha value is -2.55. The highest BCUT2D eigenvalue weighted by atomic mass is 32.2. The van der Waals surface area contributed by atoms with E-state index in [0.29, 0.717) is 0 Å². The second-order valence-electron chi connectivity index (χ2n) is 5.48. The van der Waals surface area contributed by atoms with E-state index in [9.17, 15) is 19.2 Å². The number of carbonyl (C=O) groups excluding carboxylic acids is 4. The van der Waals surface area contributed by atoms with Gasteiger partial charge in [-0.25, -0.2) is 4.79 Å². The molecule has 0 spiro atoms. The third-order valence-electron chi connectivity index (χ3n) is 3.69. The van der Waals surface area contributed by atoms with Crippen LogP contribution >= 0.6 is 11.8 Å². The Bertz CT molecular complexity index is 708. The summed E-state index contributed by atoms with van der Waals surface area (Å²) in [7, 11) is 0. The van der Waals surface area contributed by atoms with E-state index >= 15 is 0 Å². The summed E-state index contributed by atoms with van der Waals surface area (Å²) < 4.78 is 9.45. The molecule has 9 heteroatoms. The van der Waals surface area contributed by atoms with E-state index in [1.165, 1.54) is 4.90 Å². The molecule has 1 N–H and O–H groups in total. The van der Waals surface area contributed by atoms with Crippen molar-refractivity contribution in [1.82, 2.24) is 5.32 Å². The maximum Gasteiger partial charge on any atom is 0.413 e. The first kappa shape index (κ1) is 19.8. The lowest BCUT2D eigenvalue weighted by Gasteiger charge is -2.17. The van der Waals surface area contributed by atoms with Gasteiger partial charge in [-0.2, -0.15) is 0 Å². The molecule has 140 valence electrons. The van der Waals surface area contributed by atoms with Crippen molar-refractivity contribution in [3.05, 3.63) is 24.3 Å². The number of hydrogen-bond donors (Lipinski definition) is 1. The molecule has 1 heterocycles. The lowest BCUT2D eigenvalue weighted by atomic mass is 10.1. The highest BCUT2D eigenvalue weighted by Crippen LogP contribution is 2.28. The minimum Gasteiger partial charge on any atom is -0.455 e. The summed E-state index contributed by atoms with van der Waals surface area (Å²) in [6, 6.07) is 7.46. The number of hydrogen-bond acceptors (Lipinski definition) is 7. The summed E-state index contributed by atoms with van der Waals surface area (Å²) in [5, 5.41) is 1.93. The second kappa shape index (κ2) is 9.23. The fraction of sp³-hybridized carbons (Fsp3) is 0.412. The summed E-state index contributed by atoms with van der Waals surface area (Å²) in [6.07, 6.45) is 1.05. The van der Waals surface area contributed by atoms with Crippen LogP contribution in [0.2, 0.25) is 0 Å². The normalized spacial score (nSPS) is 16.3. The first-order chi connectivity index (χ1) is 12.4. The maximum absolute atomic E-state index is 12.2. The molecule has 0 aliphatic carbocycles. The number of anilines is 1. The molecule has 3 amide bonds. The molecule has 0 bridgehead atoms. The highest BCUT2D eigenvalue weighted by Gasteiger charge is 2.36. The third kappa shape index (κ3) is 5.22. The van der Waals surface area contributed by atoms with Crippen LogP contribution in [0.15, 0.2) is 29.2 Å². The number of imide groups is 1. The quantitative estimate of drug-likeness (QED) is 0.590.